The minimum Gasteiger partial charge on any atom is -0.346 e. The second-order valence-electron chi connectivity index (χ2n) is 6.72. The Kier molecular flexibility index (Phi) is 4.89. The number of imide groups is 1. The van der Waals surface area contributed by atoms with Gasteiger partial charge < -0.3 is 5.32 Å². The van der Waals surface area contributed by atoms with Crippen LogP contribution in [0.15, 0.2) is 42.5 Å². The number of carbonyl (C=O) groups excluding carboxylic acids is 3. The molecule has 0 spiro atoms. The van der Waals surface area contributed by atoms with Crippen molar-refractivity contribution >= 4 is 23.4 Å². The zero-order valence-electron chi connectivity index (χ0n) is 15.2. The van der Waals surface area contributed by atoms with Crippen molar-refractivity contribution in [2.45, 2.75) is 39.7 Å². The number of amides is 3. The number of hydrogen-bond donors (Lipinski definition) is 1. The summed E-state index contributed by atoms with van der Waals surface area (Å²) >= 11 is 0. The summed E-state index contributed by atoms with van der Waals surface area (Å²) in [5.41, 5.74) is 4.37. The highest BCUT2D eigenvalue weighted by molar-refractivity contribution is 6.19. The van der Waals surface area contributed by atoms with Crippen LogP contribution in [0.2, 0.25) is 0 Å². The molecule has 1 fully saturated rings. The van der Waals surface area contributed by atoms with E-state index >= 15 is 0 Å². The van der Waals surface area contributed by atoms with Gasteiger partial charge in [0, 0.05) is 18.4 Å². The van der Waals surface area contributed by atoms with Crippen LogP contribution in [-0.2, 0) is 9.59 Å². The summed E-state index contributed by atoms with van der Waals surface area (Å²) in [4.78, 5) is 37.3. The van der Waals surface area contributed by atoms with Crippen molar-refractivity contribution in [2.24, 2.45) is 0 Å². The lowest BCUT2D eigenvalue weighted by Crippen LogP contribution is -2.29. The van der Waals surface area contributed by atoms with Gasteiger partial charge in [0.1, 0.15) is 0 Å². The van der Waals surface area contributed by atoms with E-state index in [0.717, 1.165) is 16.7 Å². The summed E-state index contributed by atoms with van der Waals surface area (Å²) in [5.74, 6) is -0.587. The average Bonchev–Trinajstić information content (AvgIpc) is 2.95. The van der Waals surface area contributed by atoms with Crippen molar-refractivity contribution in [1.29, 1.82) is 0 Å². The number of rotatable bonds is 4. The number of nitrogens with one attached hydrogen (secondary N) is 1. The quantitative estimate of drug-likeness (QED) is 0.859. The number of benzene rings is 2. The molecule has 134 valence electrons. The first-order chi connectivity index (χ1) is 12.4. The molecule has 2 aromatic carbocycles. The van der Waals surface area contributed by atoms with Crippen molar-refractivity contribution in [3.05, 3.63) is 64.7 Å². The summed E-state index contributed by atoms with van der Waals surface area (Å²) in [7, 11) is 0. The molecule has 5 heteroatoms. The summed E-state index contributed by atoms with van der Waals surface area (Å²) in [6.07, 6.45) is 0.489. The van der Waals surface area contributed by atoms with Gasteiger partial charge in [-0.15, -0.1) is 0 Å². The van der Waals surface area contributed by atoms with Gasteiger partial charge in [0.15, 0.2) is 0 Å². The van der Waals surface area contributed by atoms with Gasteiger partial charge in [-0.2, -0.15) is 0 Å². The van der Waals surface area contributed by atoms with Crippen molar-refractivity contribution in [3.63, 3.8) is 0 Å². The molecule has 1 aliphatic rings. The Morgan fingerprint density at radius 1 is 1.00 bits per heavy atom. The predicted molar refractivity (Wildman–Crippen MR) is 100.0 cm³/mol. The van der Waals surface area contributed by atoms with Gasteiger partial charge in [0.2, 0.25) is 11.8 Å². The van der Waals surface area contributed by atoms with Crippen LogP contribution < -0.4 is 10.2 Å². The van der Waals surface area contributed by atoms with Crippen LogP contribution in [-0.4, -0.2) is 17.7 Å². The Bertz CT molecular complexity index is 855. The molecule has 1 unspecified atom stereocenters. The smallest absolute Gasteiger partial charge is 0.251 e. The number of carbonyl (C=O) groups is 3. The van der Waals surface area contributed by atoms with Gasteiger partial charge in [-0.05, 0) is 56.2 Å². The second kappa shape index (κ2) is 7.12. The summed E-state index contributed by atoms with van der Waals surface area (Å²) in [6, 6.07) is 12.6. The molecule has 0 aliphatic carbocycles. The molecule has 5 nitrogen and oxygen atoms in total. The van der Waals surface area contributed by atoms with E-state index in [1.165, 1.54) is 4.90 Å². The maximum atomic E-state index is 12.5. The van der Waals surface area contributed by atoms with Crippen molar-refractivity contribution < 1.29 is 14.4 Å². The largest absolute Gasteiger partial charge is 0.346 e. The van der Waals surface area contributed by atoms with Gasteiger partial charge in [-0.3, -0.25) is 19.3 Å². The molecule has 2 aromatic rings. The third-order valence-corrected chi connectivity index (χ3v) is 4.69. The fourth-order valence-electron chi connectivity index (χ4n) is 3.21. The first-order valence-electron chi connectivity index (χ1n) is 8.70. The van der Waals surface area contributed by atoms with E-state index in [4.69, 9.17) is 0 Å². The number of anilines is 1. The first kappa shape index (κ1) is 17.9. The Hall–Kier alpha value is -2.95. The monoisotopic (exact) mass is 350 g/mol. The standard InChI is InChI=1S/C21H22N2O3/c1-13-4-5-14(2)18(12-13)15(3)22-21(26)16-6-8-17(9-7-16)23-19(24)10-11-20(23)25/h4-9,12,15H,10-11H2,1-3H3,(H,22,26). The molecule has 26 heavy (non-hydrogen) atoms. The second-order valence-corrected chi connectivity index (χ2v) is 6.72. The van der Waals surface area contributed by atoms with E-state index in [0.29, 0.717) is 11.3 Å². The highest BCUT2D eigenvalue weighted by atomic mass is 16.2. The lowest BCUT2D eigenvalue weighted by atomic mass is 9.99. The van der Waals surface area contributed by atoms with Gasteiger partial charge in [-0.25, -0.2) is 0 Å². The molecule has 1 aliphatic heterocycles. The van der Waals surface area contributed by atoms with E-state index < -0.39 is 0 Å². The van der Waals surface area contributed by atoms with Crippen LogP contribution in [0.1, 0.15) is 52.9 Å². The fourth-order valence-corrected chi connectivity index (χ4v) is 3.21. The maximum Gasteiger partial charge on any atom is 0.251 e. The van der Waals surface area contributed by atoms with Crippen LogP contribution in [0, 0.1) is 13.8 Å². The van der Waals surface area contributed by atoms with Crippen molar-refractivity contribution in [3.8, 4) is 0 Å². The maximum absolute atomic E-state index is 12.5. The molecule has 3 rings (SSSR count). The van der Waals surface area contributed by atoms with Crippen LogP contribution in [0.4, 0.5) is 5.69 Å². The first-order valence-corrected chi connectivity index (χ1v) is 8.70. The third-order valence-electron chi connectivity index (χ3n) is 4.69. The number of hydrogen-bond acceptors (Lipinski definition) is 3. The van der Waals surface area contributed by atoms with Gasteiger partial charge in [0.05, 0.1) is 11.7 Å². The number of aryl methyl sites for hydroxylation is 2. The lowest BCUT2D eigenvalue weighted by molar-refractivity contribution is -0.121. The minimum atomic E-state index is -0.198. The minimum absolute atomic E-state index is 0.121. The normalized spacial score (nSPS) is 15.3. The predicted octanol–water partition coefficient (Wildman–Crippen LogP) is 3.45. The molecule has 0 aromatic heterocycles. The van der Waals surface area contributed by atoms with E-state index in [1.54, 1.807) is 24.3 Å². The molecule has 3 amide bonds. The number of nitrogens with zero attached hydrogens (tertiary/aromatic N) is 1. The zero-order valence-corrected chi connectivity index (χ0v) is 15.2. The molecule has 0 bridgehead atoms. The molecule has 0 saturated carbocycles. The molecule has 1 saturated heterocycles. The third kappa shape index (κ3) is 3.52. The molecular weight excluding hydrogens is 328 g/mol. The molecule has 0 radical (unpaired) electrons. The topological polar surface area (TPSA) is 66.5 Å². The Balaban J connectivity index is 1.73. The molecular formula is C21H22N2O3. The van der Waals surface area contributed by atoms with Gasteiger partial charge in [0.25, 0.3) is 5.91 Å². The summed E-state index contributed by atoms with van der Waals surface area (Å²) in [5, 5.41) is 3.00. The van der Waals surface area contributed by atoms with Crippen LogP contribution in [0.3, 0.4) is 0 Å². The highest BCUT2D eigenvalue weighted by Crippen LogP contribution is 2.23. The van der Waals surface area contributed by atoms with E-state index in [9.17, 15) is 14.4 Å². The Labute approximate surface area is 153 Å². The fraction of sp³-hybridized carbons (Fsp3) is 0.286. The van der Waals surface area contributed by atoms with Crippen LogP contribution in [0.5, 0.6) is 0 Å². The average molecular weight is 350 g/mol. The summed E-state index contributed by atoms with van der Waals surface area (Å²) in [6.45, 7) is 6.00. The molecule has 1 N–H and O–H groups in total. The highest BCUT2D eigenvalue weighted by Gasteiger charge is 2.30. The zero-order chi connectivity index (χ0) is 18.8. The van der Waals surface area contributed by atoms with Gasteiger partial charge >= 0.3 is 0 Å². The molecule has 1 heterocycles. The molecule has 1 atom stereocenters. The SMILES string of the molecule is Cc1ccc(C)c(C(C)NC(=O)c2ccc(N3C(=O)CCC3=O)cc2)c1. The van der Waals surface area contributed by atoms with Gasteiger partial charge in [-0.1, -0.05) is 23.8 Å². The van der Waals surface area contributed by atoms with Crippen LogP contribution >= 0.6 is 0 Å². The van der Waals surface area contributed by atoms with E-state index in [-0.39, 0.29) is 36.6 Å². The van der Waals surface area contributed by atoms with E-state index in [2.05, 4.69) is 11.4 Å². The van der Waals surface area contributed by atoms with Crippen molar-refractivity contribution in [1.82, 2.24) is 5.32 Å². The Morgan fingerprint density at radius 3 is 2.23 bits per heavy atom. The van der Waals surface area contributed by atoms with E-state index in [1.807, 2.05) is 32.9 Å². The van der Waals surface area contributed by atoms with Crippen molar-refractivity contribution in [2.75, 3.05) is 4.90 Å². The lowest BCUT2D eigenvalue weighted by Gasteiger charge is -2.18. The Morgan fingerprint density at radius 2 is 1.62 bits per heavy atom. The van der Waals surface area contributed by atoms with Crippen LogP contribution in [0.25, 0.3) is 0 Å². The summed E-state index contributed by atoms with van der Waals surface area (Å²) < 4.78 is 0.